The van der Waals surface area contributed by atoms with Crippen molar-refractivity contribution in [3.63, 3.8) is 0 Å². The van der Waals surface area contributed by atoms with Crippen molar-refractivity contribution < 1.29 is 22.3 Å². The summed E-state index contributed by atoms with van der Waals surface area (Å²) in [4.78, 5) is 16.4. The second-order valence-electron chi connectivity index (χ2n) is 7.08. The van der Waals surface area contributed by atoms with E-state index in [9.17, 15) is 17.6 Å². The van der Waals surface area contributed by atoms with Crippen LogP contribution in [-0.4, -0.2) is 31.2 Å². The van der Waals surface area contributed by atoms with Gasteiger partial charge in [0.25, 0.3) is 5.91 Å². The molecule has 29 heavy (non-hydrogen) atoms. The summed E-state index contributed by atoms with van der Waals surface area (Å²) in [6, 6.07) is 4.13. The van der Waals surface area contributed by atoms with Crippen LogP contribution in [0.2, 0.25) is 5.02 Å². The maximum Gasteiger partial charge on any atom is 0.267 e. The molecule has 0 bridgehead atoms. The Labute approximate surface area is 174 Å². The van der Waals surface area contributed by atoms with Crippen LogP contribution in [0, 0.1) is 12.7 Å². The van der Waals surface area contributed by atoms with Crippen LogP contribution in [-0.2, 0) is 10.0 Å². The SMILES string of the molecule is CCCS(=O)(=O)NC(=O)c1cc(C)c(-c2cnc(OC3CCC3)c(Cl)c2)cc1F. The number of carbonyl (C=O) groups is 1. The fourth-order valence-electron chi connectivity index (χ4n) is 2.99. The normalized spacial score (nSPS) is 14.3. The van der Waals surface area contributed by atoms with E-state index >= 15 is 0 Å². The highest BCUT2D eigenvalue weighted by molar-refractivity contribution is 7.90. The third-order valence-corrected chi connectivity index (χ3v) is 6.44. The number of amides is 1. The first-order valence-electron chi connectivity index (χ1n) is 9.37. The third-order valence-electron chi connectivity index (χ3n) is 4.73. The van der Waals surface area contributed by atoms with Crippen LogP contribution in [0.15, 0.2) is 24.4 Å². The second-order valence-corrected chi connectivity index (χ2v) is 9.33. The molecule has 1 fully saturated rings. The van der Waals surface area contributed by atoms with Crippen LogP contribution >= 0.6 is 11.6 Å². The number of sulfonamides is 1. The summed E-state index contributed by atoms with van der Waals surface area (Å²) >= 11 is 6.27. The average molecular weight is 441 g/mol. The van der Waals surface area contributed by atoms with Crippen molar-refractivity contribution >= 4 is 27.5 Å². The molecule has 1 heterocycles. The average Bonchev–Trinajstić information content (AvgIpc) is 2.60. The molecule has 1 amide bonds. The number of nitrogens with zero attached hydrogens (tertiary/aromatic N) is 1. The Morgan fingerprint density at radius 1 is 1.34 bits per heavy atom. The lowest BCUT2D eigenvalue weighted by atomic mass is 9.96. The fourth-order valence-corrected chi connectivity index (χ4v) is 4.23. The minimum absolute atomic E-state index is 0.131. The number of halogens is 2. The van der Waals surface area contributed by atoms with Crippen molar-refractivity contribution in [3.05, 3.63) is 46.4 Å². The van der Waals surface area contributed by atoms with Gasteiger partial charge in [-0.25, -0.2) is 22.5 Å². The molecule has 0 aliphatic heterocycles. The highest BCUT2D eigenvalue weighted by Crippen LogP contribution is 2.33. The number of nitrogens with one attached hydrogen (secondary N) is 1. The number of pyridine rings is 1. The van der Waals surface area contributed by atoms with Crippen molar-refractivity contribution in [2.24, 2.45) is 0 Å². The lowest BCUT2D eigenvalue weighted by Crippen LogP contribution is -2.33. The monoisotopic (exact) mass is 440 g/mol. The molecule has 156 valence electrons. The van der Waals surface area contributed by atoms with E-state index in [0.29, 0.717) is 34.0 Å². The summed E-state index contributed by atoms with van der Waals surface area (Å²) in [5.41, 5.74) is 1.31. The first kappa shape index (κ1) is 21.5. The molecular formula is C20H22ClFN2O4S. The van der Waals surface area contributed by atoms with Crippen molar-refractivity contribution in [1.82, 2.24) is 9.71 Å². The van der Waals surface area contributed by atoms with Gasteiger partial charge in [0.2, 0.25) is 15.9 Å². The lowest BCUT2D eigenvalue weighted by molar-refractivity contribution is 0.0977. The maximum absolute atomic E-state index is 14.6. The molecule has 1 N–H and O–H groups in total. The molecule has 2 aromatic rings. The number of ether oxygens (including phenoxy) is 1. The number of rotatable bonds is 7. The smallest absolute Gasteiger partial charge is 0.267 e. The van der Waals surface area contributed by atoms with Crippen molar-refractivity contribution in [3.8, 4) is 17.0 Å². The standard InChI is InChI=1S/C20H22ClFN2O4S/c1-3-7-29(26,27)24-19(25)16-8-12(2)15(10-18(16)22)13-9-17(21)20(23-11-13)28-14-5-4-6-14/h8-11,14H,3-7H2,1-2H3,(H,24,25). The molecule has 6 nitrogen and oxygen atoms in total. The molecule has 1 saturated carbocycles. The summed E-state index contributed by atoms with van der Waals surface area (Å²) < 4.78 is 45.8. The van der Waals surface area contributed by atoms with Crippen molar-refractivity contribution in [2.45, 2.75) is 45.6 Å². The molecule has 9 heteroatoms. The summed E-state index contributed by atoms with van der Waals surface area (Å²) in [7, 11) is -3.80. The van der Waals surface area contributed by atoms with Gasteiger partial charge < -0.3 is 4.74 Å². The molecule has 0 spiro atoms. The van der Waals surface area contributed by atoms with Gasteiger partial charge in [0.05, 0.1) is 11.3 Å². The Hall–Kier alpha value is -2.19. The van der Waals surface area contributed by atoms with E-state index in [1.54, 1.807) is 19.9 Å². The van der Waals surface area contributed by atoms with E-state index < -0.39 is 21.7 Å². The summed E-state index contributed by atoms with van der Waals surface area (Å²) in [5, 5.41) is 0.321. The molecule has 0 unspecified atom stereocenters. The van der Waals surface area contributed by atoms with Gasteiger partial charge >= 0.3 is 0 Å². The number of benzene rings is 1. The van der Waals surface area contributed by atoms with Crippen LogP contribution in [0.3, 0.4) is 0 Å². The third kappa shape index (κ3) is 5.05. The maximum atomic E-state index is 14.6. The van der Waals surface area contributed by atoms with Gasteiger partial charge in [-0.1, -0.05) is 18.5 Å². The van der Waals surface area contributed by atoms with Crippen LogP contribution in [0.1, 0.15) is 48.5 Å². The number of hydrogen-bond donors (Lipinski definition) is 1. The first-order valence-corrected chi connectivity index (χ1v) is 11.4. The minimum Gasteiger partial charge on any atom is -0.473 e. The van der Waals surface area contributed by atoms with Crippen molar-refractivity contribution in [2.75, 3.05) is 5.75 Å². The van der Waals surface area contributed by atoms with Crippen LogP contribution in [0.4, 0.5) is 4.39 Å². The second kappa shape index (κ2) is 8.67. The molecule has 3 rings (SSSR count). The predicted octanol–water partition coefficient (Wildman–Crippen LogP) is 4.25. The van der Waals surface area contributed by atoms with E-state index in [-0.39, 0.29) is 17.4 Å². The molecular weight excluding hydrogens is 419 g/mol. The van der Waals surface area contributed by atoms with E-state index in [1.807, 2.05) is 4.72 Å². The Morgan fingerprint density at radius 2 is 2.07 bits per heavy atom. The molecule has 1 aliphatic rings. The Kier molecular flexibility index (Phi) is 6.43. The van der Waals surface area contributed by atoms with Gasteiger partial charge in [-0.3, -0.25) is 4.79 Å². The van der Waals surface area contributed by atoms with E-state index in [4.69, 9.17) is 16.3 Å². The van der Waals surface area contributed by atoms with Gasteiger partial charge in [0.15, 0.2) is 0 Å². The number of aromatic nitrogens is 1. The minimum atomic E-state index is -3.80. The first-order chi connectivity index (χ1) is 13.7. The van der Waals surface area contributed by atoms with Gasteiger partial charge in [-0.2, -0.15) is 0 Å². The largest absolute Gasteiger partial charge is 0.473 e. The number of hydrogen-bond acceptors (Lipinski definition) is 5. The molecule has 0 atom stereocenters. The van der Waals surface area contributed by atoms with Crippen LogP contribution in [0.25, 0.3) is 11.1 Å². The Bertz CT molecular complexity index is 1040. The van der Waals surface area contributed by atoms with Gasteiger partial charge in [0, 0.05) is 11.8 Å². The van der Waals surface area contributed by atoms with Gasteiger partial charge in [0.1, 0.15) is 16.9 Å². The lowest BCUT2D eigenvalue weighted by Gasteiger charge is -2.26. The highest BCUT2D eigenvalue weighted by Gasteiger charge is 2.22. The highest BCUT2D eigenvalue weighted by atomic mass is 35.5. The van der Waals surface area contributed by atoms with Gasteiger partial charge in [-0.15, -0.1) is 0 Å². The zero-order valence-electron chi connectivity index (χ0n) is 16.2. The topological polar surface area (TPSA) is 85.4 Å². The Morgan fingerprint density at radius 3 is 2.66 bits per heavy atom. The van der Waals surface area contributed by atoms with E-state index in [0.717, 1.165) is 19.3 Å². The van der Waals surface area contributed by atoms with Crippen LogP contribution < -0.4 is 9.46 Å². The molecule has 1 aromatic heterocycles. The van der Waals surface area contributed by atoms with E-state index in [1.165, 1.54) is 18.3 Å². The molecule has 1 aliphatic carbocycles. The quantitative estimate of drug-likeness (QED) is 0.695. The zero-order chi connectivity index (χ0) is 21.2. The summed E-state index contributed by atoms with van der Waals surface area (Å²) in [6.07, 6.45) is 5.08. The van der Waals surface area contributed by atoms with Gasteiger partial charge in [-0.05, 0) is 61.9 Å². The summed E-state index contributed by atoms with van der Waals surface area (Å²) in [5.74, 6) is -1.70. The summed E-state index contributed by atoms with van der Waals surface area (Å²) in [6.45, 7) is 3.36. The fraction of sp³-hybridized carbons (Fsp3) is 0.400. The number of carbonyl (C=O) groups excluding carboxylic acids is 1. The molecule has 0 saturated heterocycles. The zero-order valence-corrected chi connectivity index (χ0v) is 17.7. The number of aryl methyl sites for hydroxylation is 1. The predicted molar refractivity (Wildman–Crippen MR) is 109 cm³/mol. The van der Waals surface area contributed by atoms with Crippen molar-refractivity contribution in [1.29, 1.82) is 0 Å². The van der Waals surface area contributed by atoms with Crippen LogP contribution in [0.5, 0.6) is 5.88 Å². The van der Waals surface area contributed by atoms with E-state index in [2.05, 4.69) is 4.98 Å². The molecule has 0 radical (unpaired) electrons. The molecule has 1 aromatic carbocycles. The Balaban J connectivity index is 1.85.